The van der Waals surface area contributed by atoms with Crippen molar-refractivity contribution in [3.8, 4) is 34.5 Å². The zero-order chi connectivity index (χ0) is 71.6. The molecule has 9 aromatic rings. The first-order valence-corrected chi connectivity index (χ1v) is 36.5. The summed E-state index contributed by atoms with van der Waals surface area (Å²) in [5.41, 5.74) is 26.4. The molecule has 0 aliphatic carbocycles. The molecule has 3 aliphatic heterocycles. The average Bonchev–Trinajstić information content (AvgIpc) is 0.773. The van der Waals surface area contributed by atoms with Crippen LogP contribution in [-0.4, -0.2) is 26.2 Å². The Kier molecular flexibility index (Phi) is 19.7. The summed E-state index contributed by atoms with van der Waals surface area (Å²) < 4.78 is 43.7. The third-order valence-corrected chi connectivity index (χ3v) is 20.9. The summed E-state index contributed by atoms with van der Waals surface area (Å²) in [7, 11) is 5.58. The van der Waals surface area contributed by atoms with Crippen LogP contribution in [0.2, 0.25) is 0 Å². The fraction of sp³-hybridized carbons (Fsp3) is 0.419. The quantitative estimate of drug-likeness (QED) is 0.175. The maximum atomic E-state index is 7.66. The number of benzene rings is 9. The molecule has 9 aromatic carbocycles. The second kappa shape index (κ2) is 27.6. The molecule has 3 heterocycles. The zero-order valence-electron chi connectivity index (χ0n) is 64.2. The predicted octanol–water partition coefficient (Wildman–Crippen LogP) is 21.9. The summed E-state index contributed by atoms with van der Waals surface area (Å²) in [6.45, 7) is 45.3. The topological polar surface area (TPSA) is 58.6 Å². The minimum Gasteiger partial charge on any atom is -0.496 e. The standard InChI is InChI=1S/C93H111NO6/c1-88(2,3)76-40-64-34-70-46-79(91(10,11)12)48-72-36-66-42-77(89(4,5)6)44-68(83(66)96-20)38-74-50-81(93(16,17)18)51-75-39-69-45-78(90(7,8)9)43-67(84(69)97-21)37-73-49-80(92(13,14)15)47-71(35-65(41-76)82(64)95-19)86(73)99-56-62-29-23-26-59(32-62)53-94(52-58-25-22-28-61(31-58)55-98-85(70)72)54-60-27-24-30-63(33-60)57-100-87(74)75/h22-33,40-51H,34-39,52-57H2,1-21H3. The number of nitrogens with zero attached hydrogens (tertiary/aromatic N) is 1. The molecule has 0 radical (unpaired) electrons. The van der Waals surface area contributed by atoms with Crippen LogP contribution in [0.1, 0.15) is 258 Å². The van der Waals surface area contributed by atoms with Crippen molar-refractivity contribution in [2.45, 2.75) is 235 Å². The van der Waals surface area contributed by atoms with Gasteiger partial charge in [-0.25, -0.2) is 0 Å². The van der Waals surface area contributed by atoms with Gasteiger partial charge in [-0.2, -0.15) is 0 Å². The van der Waals surface area contributed by atoms with Gasteiger partial charge < -0.3 is 28.4 Å². The molecule has 16 bridgehead atoms. The predicted molar refractivity (Wildman–Crippen MR) is 413 cm³/mol. The van der Waals surface area contributed by atoms with E-state index in [1.165, 1.54) is 50.1 Å². The third-order valence-electron chi connectivity index (χ3n) is 20.9. The number of fused-ring (bicyclic) bond motifs is 9. The van der Waals surface area contributed by atoms with Crippen LogP contribution in [0, 0.1) is 0 Å². The Labute approximate surface area is 600 Å². The van der Waals surface area contributed by atoms with E-state index in [0.717, 1.165) is 118 Å². The molecule has 12 rings (SSSR count). The first kappa shape index (κ1) is 71.6. The number of rotatable bonds is 3. The van der Waals surface area contributed by atoms with E-state index in [1.54, 1.807) is 0 Å². The first-order chi connectivity index (χ1) is 47.1. The summed E-state index contributed by atoms with van der Waals surface area (Å²) in [6, 6.07) is 56.3. The second-order valence-electron chi connectivity index (χ2n) is 35.4. The lowest BCUT2D eigenvalue weighted by Crippen LogP contribution is -2.23. The highest BCUT2D eigenvalue weighted by Crippen LogP contribution is 2.47. The first-order valence-electron chi connectivity index (χ1n) is 36.5. The van der Waals surface area contributed by atoms with E-state index in [-0.39, 0.29) is 32.5 Å². The van der Waals surface area contributed by atoms with Crippen LogP contribution in [0.5, 0.6) is 34.5 Å². The van der Waals surface area contributed by atoms with E-state index in [4.69, 9.17) is 28.4 Å². The molecule has 0 spiro atoms. The maximum absolute atomic E-state index is 7.66. The minimum atomic E-state index is -0.223. The van der Waals surface area contributed by atoms with Crippen molar-refractivity contribution >= 4 is 0 Å². The molecule has 0 unspecified atom stereocenters. The molecule has 7 heteroatoms. The molecular formula is C93H111NO6. The largest absolute Gasteiger partial charge is 0.496 e. The third kappa shape index (κ3) is 15.9. The molecule has 100 heavy (non-hydrogen) atoms. The highest BCUT2D eigenvalue weighted by Gasteiger charge is 2.32. The molecule has 0 aromatic heterocycles. The highest BCUT2D eigenvalue weighted by molar-refractivity contribution is 5.62. The minimum absolute atomic E-state index is 0.217. The van der Waals surface area contributed by atoms with Crippen LogP contribution in [-0.2, 0) is 110 Å². The summed E-state index contributed by atoms with van der Waals surface area (Å²) in [6.07, 6.45) is 3.34. The molecular weight excluding hydrogens is 1230 g/mol. The monoisotopic (exact) mass is 1340 g/mol. The van der Waals surface area contributed by atoms with Crippen LogP contribution < -0.4 is 28.4 Å². The van der Waals surface area contributed by atoms with Crippen LogP contribution >= 0.6 is 0 Å². The average molecular weight is 1340 g/mol. The Morgan fingerprint density at radius 1 is 0.250 bits per heavy atom. The Balaban J connectivity index is 1.26. The summed E-state index contributed by atoms with van der Waals surface area (Å²) in [5.74, 6) is 5.28. The number of hydrogen-bond acceptors (Lipinski definition) is 7. The Morgan fingerprint density at radius 3 is 0.610 bits per heavy atom. The van der Waals surface area contributed by atoms with Crippen LogP contribution in [0.15, 0.2) is 146 Å². The van der Waals surface area contributed by atoms with Gasteiger partial charge >= 0.3 is 0 Å². The van der Waals surface area contributed by atoms with Crippen molar-refractivity contribution in [3.05, 3.63) is 279 Å². The van der Waals surface area contributed by atoms with Gasteiger partial charge in [0.2, 0.25) is 0 Å². The molecule has 3 aliphatic rings. The van der Waals surface area contributed by atoms with E-state index in [2.05, 4.69) is 275 Å². The van der Waals surface area contributed by atoms with E-state index in [0.29, 0.717) is 78.0 Å². The Bertz CT molecular complexity index is 3930. The second-order valence-corrected chi connectivity index (χ2v) is 35.4. The fourth-order valence-corrected chi connectivity index (χ4v) is 15.1. The van der Waals surface area contributed by atoms with Gasteiger partial charge in [0.05, 0.1) is 21.3 Å². The van der Waals surface area contributed by atoms with Gasteiger partial charge in [0.1, 0.15) is 54.3 Å². The smallest absolute Gasteiger partial charge is 0.126 e. The Morgan fingerprint density at radius 2 is 0.430 bits per heavy atom. The number of methoxy groups -OCH3 is 3. The lowest BCUT2D eigenvalue weighted by Gasteiger charge is -2.29. The number of hydrogen-bond donors (Lipinski definition) is 0. The highest BCUT2D eigenvalue weighted by atomic mass is 16.5. The molecule has 0 atom stereocenters. The summed E-state index contributed by atoms with van der Waals surface area (Å²) in [4.78, 5) is 2.58. The summed E-state index contributed by atoms with van der Waals surface area (Å²) in [5, 5.41) is 0. The normalized spacial score (nSPS) is 15.0. The van der Waals surface area contributed by atoms with Crippen molar-refractivity contribution in [1.82, 2.24) is 4.90 Å². The van der Waals surface area contributed by atoms with Crippen LogP contribution in [0.4, 0.5) is 0 Å². The van der Waals surface area contributed by atoms with Crippen LogP contribution in [0.25, 0.3) is 0 Å². The zero-order valence-corrected chi connectivity index (χ0v) is 64.2. The molecule has 0 amide bonds. The van der Waals surface area contributed by atoms with E-state index in [9.17, 15) is 0 Å². The van der Waals surface area contributed by atoms with Gasteiger partial charge in [-0.15, -0.1) is 0 Å². The van der Waals surface area contributed by atoms with E-state index in [1.807, 2.05) is 21.3 Å². The van der Waals surface area contributed by atoms with Crippen LogP contribution in [0.3, 0.4) is 0 Å². The summed E-state index contributed by atoms with van der Waals surface area (Å²) >= 11 is 0. The fourth-order valence-electron chi connectivity index (χ4n) is 15.1. The molecule has 7 nitrogen and oxygen atoms in total. The van der Waals surface area contributed by atoms with Crippen molar-refractivity contribution in [2.75, 3.05) is 21.3 Å². The lowest BCUT2D eigenvalue weighted by atomic mass is 9.79. The molecule has 524 valence electrons. The van der Waals surface area contributed by atoms with E-state index >= 15 is 0 Å². The number of ether oxygens (including phenoxy) is 6. The van der Waals surface area contributed by atoms with Gasteiger partial charge in [-0.3, -0.25) is 4.90 Å². The van der Waals surface area contributed by atoms with Crippen molar-refractivity contribution in [3.63, 3.8) is 0 Å². The van der Waals surface area contributed by atoms with Gasteiger partial charge in [0.25, 0.3) is 0 Å². The lowest BCUT2D eigenvalue weighted by molar-refractivity contribution is 0.246. The molecule has 0 saturated carbocycles. The molecule has 0 N–H and O–H groups in total. The Hall–Kier alpha value is -8.26. The van der Waals surface area contributed by atoms with Crippen molar-refractivity contribution in [2.24, 2.45) is 0 Å². The van der Waals surface area contributed by atoms with E-state index < -0.39 is 0 Å². The van der Waals surface area contributed by atoms with Crippen molar-refractivity contribution in [1.29, 1.82) is 0 Å². The van der Waals surface area contributed by atoms with Gasteiger partial charge in [-0.1, -0.05) is 270 Å². The van der Waals surface area contributed by atoms with Gasteiger partial charge in [0, 0.05) is 58.2 Å². The van der Waals surface area contributed by atoms with Crippen molar-refractivity contribution < 1.29 is 28.4 Å². The maximum Gasteiger partial charge on any atom is 0.126 e. The molecule has 0 saturated heterocycles. The van der Waals surface area contributed by atoms with Gasteiger partial charge in [-0.05, 0) is 166 Å². The molecule has 0 fully saturated rings. The van der Waals surface area contributed by atoms with Gasteiger partial charge in [0.15, 0.2) is 0 Å². The SMILES string of the molecule is COc1c2cc(C(C)(C)C)cc1Cc1cc(C(C)(C)C)cc3c1OCc1cccc(c1)CN1Cc4cccc(c4)COc4c(cc(C(C)(C)C)cc4Cc4cc(C(C)(C)C)cc(c4OC)Cc4cc(C(C)(C)C)cc(c4OCc4cccc(c4)C1)Cc1cc(C(C)(C)C)cc(c1OC)C3)C2.